The Labute approximate surface area is 142 Å². The standard InChI is InChI=1S/C18H26N2O4/c1-13(21)18(2,3)20-11-7-10-15(20)16(22)19-17(23)24-12-14-8-5-4-6-9-14/h4-6,8-9,13,15,21H,7,10-12H2,1-3H3,(H,19,22,23)/t13?,15-/m0/s1. The normalized spacial score (nSPS) is 19.8. The number of likely N-dealkylation sites (tertiary alicyclic amines) is 1. The maximum Gasteiger partial charge on any atom is 0.414 e. The second-order valence-electron chi connectivity index (χ2n) is 6.73. The fourth-order valence-corrected chi connectivity index (χ4v) is 2.91. The van der Waals surface area contributed by atoms with E-state index in [0.29, 0.717) is 6.42 Å². The summed E-state index contributed by atoms with van der Waals surface area (Å²) in [5.74, 6) is -0.376. The molecule has 132 valence electrons. The summed E-state index contributed by atoms with van der Waals surface area (Å²) < 4.78 is 5.09. The van der Waals surface area contributed by atoms with Crippen LogP contribution in [-0.4, -0.2) is 46.2 Å². The second-order valence-corrected chi connectivity index (χ2v) is 6.73. The van der Waals surface area contributed by atoms with Gasteiger partial charge in [-0.2, -0.15) is 0 Å². The topological polar surface area (TPSA) is 78.9 Å². The molecule has 1 unspecified atom stereocenters. The van der Waals surface area contributed by atoms with Gasteiger partial charge in [0.2, 0.25) is 5.91 Å². The molecule has 6 heteroatoms. The number of amides is 2. The van der Waals surface area contributed by atoms with Gasteiger partial charge in [0, 0.05) is 5.54 Å². The maximum atomic E-state index is 12.4. The van der Waals surface area contributed by atoms with Gasteiger partial charge >= 0.3 is 6.09 Å². The monoisotopic (exact) mass is 334 g/mol. The molecule has 1 aliphatic rings. The molecule has 0 aliphatic carbocycles. The summed E-state index contributed by atoms with van der Waals surface area (Å²) in [7, 11) is 0. The Hall–Kier alpha value is -1.92. The van der Waals surface area contributed by atoms with Gasteiger partial charge in [0.1, 0.15) is 6.61 Å². The second kappa shape index (κ2) is 7.77. The summed E-state index contributed by atoms with van der Waals surface area (Å²) in [6, 6.07) is 8.86. The van der Waals surface area contributed by atoms with Crippen molar-refractivity contribution in [2.45, 2.75) is 57.9 Å². The largest absolute Gasteiger partial charge is 0.444 e. The Balaban J connectivity index is 1.90. The van der Waals surface area contributed by atoms with Crippen LogP contribution in [0.25, 0.3) is 0 Å². The minimum atomic E-state index is -0.745. The summed E-state index contributed by atoms with van der Waals surface area (Å²) in [6.45, 7) is 6.35. The van der Waals surface area contributed by atoms with E-state index in [4.69, 9.17) is 4.74 Å². The number of hydrogen-bond donors (Lipinski definition) is 2. The molecular weight excluding hydrogens is 308 g/mol. The van der Waals surface area contributed by atoms with Crippen molar-refractivity contribution in [2.24, 2.45) is 0 Å². The summed E-state index contributed by atoms with van der Waals surface area (Å²) in [6.07, 6.45) is 0.183. The van der Waals surface area contributed by atoms with E-state index in [1.807, 2.05) is 49.1 Å². The van der Waals surface area contributed by atoms with E-state index in [2.05, 4.69) is 5.32 Å². The molecule has 24 heavy (non-hydrogen) atoms. The van der Waals surface area contributed by atoms with Crippen LogP contribution in [0.15, 0.2) is 30.3 Å². The van der Waals surface area contributed by atoms with Gasteiger partial charge in [-0.05, 0) is 45.7 Å². The molecule has 0 aromatic heterocycles. The number of nitrogens with zero attached hydrogens (tertiary/aromatic N) is 1. The highest BCUT2D eigenvalue weighted by Gasteiger charge is 2.42. The van der Waals surface area contributed by atoms with Crippen molar-refractivity contribution in [3.05, 3.63) is 35.9 Å². The van der Waals surface area contributed by atoms with Gasteiger partial charge in [-0.15, -0.1) is 0 Å². The van der Waals surface area contributed by atoms with E-state index in [9.17, 15) is 14.7 Å². The van der Waals surface area contributed by atoms with E-state index in [0.717, 1.165) is 18.5 Å². The third kappa shape index (κ3) is 4.33. The van der Waals surface area contributed by atoms with Crippen molar-refractivity contribution in [3.8, 4) is 0 Å². The molecule has 0 bridgehead atoms. The number of alkyl carbamates (subject to hydrolysis) is 1. The molecule has 2 N–H and O–H groups in total. The Morgan fingerprint density at radius 3 is 2.67 bits per heavy atom. The molecule has 1 fully saturated rings. The lowest BCUT2D eigenvalue weighted by Crippen LogP contribution is -2.57. The predicted molar refractivity (Wildman–Crippen MR) is 90.3 cm³/mol. The molecule has 6 nitrogen and oxygen atoms in total. The molecule has 1 saturated heterocycles. The smallest absolute Gasteiger partial charge is 0.414 e. The molecule has 0 saturated carbocycles. The van der Waals surface area contributed by atoms with Crippen molar-refractivity contribution < 1.29 is 19.4 Å². The third-order valence-electron chi connectivity index (χ3n) is 4.76. The van der Waals surface area contributed by atoms with Crippen LogP contribution in [0, 0.1) is 0 Å². The molecule has 1 aromatic carbocycles. The Morgan fingerprint density at radius 2 is 2.04 bits per heavy atom. The number of benzene rings is 1. The number of nitrogens with one attached hydrogen (secondary N) is 1. The van der Waals surface area contributed by atoms with Crippen LogP contribution < -0.4 is 5.32 Å². The van der Waals surface area contributed by atoms with Crippen molar-refractivity contribution >= 4 is 12.0 Å². The number of hydrogen-bond acceptors (Lipinski definition) is 5. The van der Waals surface area contributed by atoms with Crippen molar-refractivity contribution in [2.75, 3.05) is 6.54 Å². The van der Waals surface area contributed by atoms with Gasteiger partial charge < -0.3 is 9.84 Å². The average Bonchev–Trinajstić information content (AvgIpc) is 3.04. The van der Waals surface area contributed by atoms with E-state index in [1.165, 1.54) is 0 Å². The van der Waals surface area contributed by atoms with Crippen molar-refractivity contribution in [1.82, 2.24) is 10.2 Å². The van der Waals surface area contributed by atoms with E-state index in [-0.39, 0.29) is 12.5 Å². The highest BCUT2D eigenvalue weighted by molar-refractivity contribution is 5.95. The lowest BCUT2D eigenvalue weighted by Gasteiger charge is -2.41. The Kier molecular flexibility index (Phi) is 5.96. The number of aliphatic hydroxyl groups is 1. The Morgan fingerprint density at radius 1 is 1.38 bits per heavy atom. The zero-order valence-electron chi connectivity index (χ0n) is 14.5. The SMILES string of the molecule is CC(O)C(C)(C)N1CCC[C@H]1C(=O)NC(=O)OCc1ccccc1. The van der Waals surface area contributed by atoms with Crippen LogP contribution in [-0.2, 0) is 16.1 Å². The maximum absolute atomic E-state index is 12.4. The highest BCUT2D eigenvalue weighted by atomic mass is 16.5. The lowest BCUT2D eigenvalue weighted by molar-refractivity contribution is -0.128. The molecular formula is C18H26N2O4. The molecule has 1 heterocycles. The van der Waals surface area contributed by atoms with Crippen LogP contribution in [0.3, 0.4) is 0 Å². The van der Waals surface area contributed by atoms with Crippen LogP contribution in [0.5, 0.6) is 0 Å². The number of rotatable bonds is 5. The number of imide groups is 1. The summed E-state index contributed by atoms with van der Waals surface area (Å²) in [4.78, 5) is 26.2. The first-order chi connectivity index (χ1) is 11.3. The van der Waals surface area contributed by atoms with Crippen LogP contribution in [0.1, 0.15) is 39.2 Å². The first-order valence-corrected chi connectivity index (χ1v) is 8.28. The number of carbonyl (C=O) groups excluding carboxylic acids is 2. The molecule has 2 amide bonds. The number of aliphatic hydroxyl groups excluding tert-OH is 1. The average molecular weight is 334 g/mol. The third-order valence-corrected chi connectivity index (χ3v) is 4.76. The minimum absolute atomic E-state index is 0.119. The van der Waals surface area contributed by atoms with Gasteiger partial charge in [0.15, 0.2) is 0 Å². The van der Waals surface area contributed by atoms with Crippen molar-refractivity contribution in [1.29, 1.82) is 0 Å². The highest BCUT2D eigenvalue weighted by Crippen LogP contribution is 2.29. The first-order valence-electron chi connectivity index (χ1n) is 8.28. The van der Waals surface area contributed by atoms with Gasteiger partial charge in [-0.25, -0.2) is 4.79 Å². The molecule has 2 atom stereocenters. The van der Waals surface area contributed by atoms with E-state index >= 15 is 0 Å². The van der Waals surface area contributed by atoms with Gasteiger partial charge in [-0.3, -0.25) is 15.0 Å². The minimum Gasteiger partial charge on any atom is -0.444 e. The first kappa shape index (κ1) is 18.4. The van der Waals surface area contributed by atoms with Crippen molar-refractivity contribution in [3.63, 3.8) is 0 Å². The summed E-state index contributed by atoms with van der Waals surface area (Å²) in [5, 5.41) is 12.3. The lowest BCUT2D eigenvalue weighted by atomic mass is 9.95. The van der Waals surface area contributed by atoms with Gasteiger partial charge in [0.05, 0.1) is 12.1 Å². The number of carbonyl (C=O) groups is 2. The molecule has 1 aliphatic heterocycles. The summed E-state index contributed by atoms with van der Waals surface area (Å²) >= 11 is 0. The van der Waals surface area contributed by atoms with Crippen LogP contribution in [0.4, 0.5) is 4.79 Å². The fraction of sp³-hybridized carbons (Fsp3) is 0.556. The van der Waals surface area contributed by atoms with Gasteiger partial charge in [-0.1, -0.05) is 30.3 Å². The van der Waals surface area contributed by atoms with E-state index < -0.39 is 23.8 Å². The predicted octanol–water partition coefficient (Wildman–Crippen LogP) is 2.06. The van der Waals surface area contributed by atoms with Crippen LogP contribution in [0.2, 0.25) is 0 Å². The quantitative estimate of drug-likeness (QED) is 0.862. The molecule has 0 spiro atoms. The zero-order valence-corrected chi connectivity index (χ0v) is 14.5. The van der Waals surface area contributed by atoms with Crippen LogP contribution >= 0.6 is 0 Å². The van der Waals surface area contributed by atoms with E-state index in [1.54, 1.807) is 6.92 Å². The molecule has 0 radical (unpaired) electrons. The molecule has 1 aromatic rings. The summed E-state index contributed by atoms with van der Waals surface area (Å²) in [5.41, 5.74) is 0.324. The number of ether oxygens (including phenoxy) is 1. The Bertz CT molecular complexity index is 572. The zero-order chi connectivity index (χ0) is 17.7. The van der Waals surface area contributed by atoms with Gasteiger partial charge in [0.25, 0.3) is 0 Å². The molecule has 2 rings (SSSR count). The fourth-order valence-electron chi connectivity index (χ4n) is 2.91.